The zero-order chi connectivity index (χ0) is 30.6. The Morgan fingerprint density at radius 2 is 1.34 bits per heavy atom. The Balaban J connectivity index is 1.40. The molecule has 7 heteroatoms. The van der Waals surface area contributed by atoms with Crippen molar-refractivity contribution < 1.29 is 14.7 Å². The fourth-order valence-electron chi connectivity index (χ4n) is 5.24. The van der Waals surface area contributed by atoms with Crippen molar-refractivity contribution in [3.05, 3.63) is 160 Å². The second-order valence-corrected chi connectivity index (χ2v) is 10.9. The van der Waals surface area contributed by atoms with Gasteiger partial charge in [0, 0.05) is 28.8 Å². The third-order valence-electron chi connectivity index (χ3n) is 7.59. The van der Waals surface area contributed by atoms with Gasteiger partial charge in [-0.05, 0) is 69.4 Å². The van der Waals surface area contributed by atoms with Crippen molar-refractivity contribution in [1.82, 2.24) is 4.57 Å². The van der Waals surface area contributed by atoms with Crippen molar-refractivity contribution in [3.63, 3.8) is 0 Å². The fourth-order valence-corrected chi connectivity index (χ4v) is 5.36. The van der Waals surface area contributed by atoms with Gasteiger partial charge in [0.05, 0.1) is 0 Å². The van der Waals surface area contributed by atoms with Crippen LogP contribution in [0.15, 0.2) is 138 Å². The molecule has 1 unspecified atom stereocenters. The molecule has 0 aliphatic carbocycles. The molecule has 6 aromatic rings. The highest BCUT2D eigenvalue weighted by Crippen LogP contribution is 2.28. The number of fused-ring (bicyclic) bond motifs is 1. The maximum atomic E-state index is 13.8. The summed E-state index contributed by atoms with van der Waals surface area (Å²) in [5.74, 6) is -1.65. The third-order valence-corrected chi connectivity index (χ3v) is 7.84. The summed E-state index contributed by atoms with van der Waals surface area (Å²) in [4.78, 5) is 39.8. The molecular formula is C37H27ClN2O4. The van der Waals surface area contributed by atoms with Gasteiger partial charge < -0.3 is 10.4 Å². The molecule has 1 aromatic heterocycles. The van der Waals surface area contributed by atoms with Crippen LogP contribution in [0.3, 0.4) is 0 Å². The molecular weight excluding hydrogens is 572 g/mol. The van der Waals surface area contributed by atoms with E-state index in [2.05, 4.69) is 5.32 Å². The summed E-state index contributed by atoms with van der Waals surface area (Å²) in [6.45, 7) is 0. The molecule has 0 saturated carbocycles. The lowest BCUT2D eigenvalue weighted by Gasteiger charge is -2.19. The lowest BCUT2D eigenvalue weighted by molar-refractivity contribution is -0.141. The van der Waals surface area contributed by atoms with Crippen LogP contribution in [0.1, 0.15) is 22.0 Å². The maximum absolute atomic E-state index is 13.8. The van der Waals surface area contributed by atoms with Crippen LogP contribution < -0.4 is 10.9 Å². The summed E-state index contributed by atoms with van der Waals surface area (Å²) in [7, 11) is 0. The number of rotatable bonds is 8. The molecule has 0 aliphatic rings. The van der Waals surface area contributed by atoms with Crippen LogP contribution >= 0.6 is 11.6 Å². The fraction of sp³-hybridized carbons (Fsp3) is 0.0541. The molecule has 5 aromatic carbocycles. The van der Waals surface area contributed by atoms with Gasteiger partial charge in [0.25, 0.3) is 11.5 Å². The highest BCUT2D eigenvalue weighted by Gasteiger charge is 2.24. The van der Waals surface area contributed by atoms with Crippen LogP contribution in [0.5, 0.6) is 0 Å². The van der Waals surface area contributed by atoms with Crippen molar-refractivity contribution in [2.45, 2.75) is 12.5 Å². The summed E-state index contributed by atoms with van der Waals surface area (Å²) in [5.41, 5.74) is 3.76. The van der Waals surface area contributed by atoms with Gasteiger partial charge in [-0.2, -0.15) is 0 Å². The van der Waals surface area contributed by atoms with Gasteiger partial charge in [0.15, 0.2) is 0 Å². The number of hydrogen-bond donors (Lipinski definition) is 2. The topological polar surface area (TPSA) is 88.4 Å². The van der Waals surface area contributed by atoms with Crippen molar-refractivity contribution in [2.75, 3.05) is 5.32 Å². The normalized spacial score (nSPS) is 11.7. The maximum Gasteiger partial charge on any atom is 0.327 e. The van der Waals surface area contributed by atoms with Crippen LogP contribution in [0.2, 0.25) is 5.02 Å². The molecule has 0 bridgehead atoms. The van der Waals surface area contributed by atoms with E-state index >= 15 is 0 Å². The molecule has 0 fully saturated rings. The quantitative estimate of drug-likeness (QED) is 0.185. The second-order valence-electron chi connectivity index (χ2n) is 10.5. The standard InChI is InChI=1S/C37H27ClN2O4/c38-32-18-10-24(11-19-32)20-34(37(43)44)40-23-31(30-17-14-26-8-4-5-9-29(26)21-30)22-33(36(40)42)39-35(41)28-15-12-27(13-16-28)25-6-2-1-3-7-25/h1-19,21-23,34H,20H2,(H,39,41)(H,43,44). The molecule has 44 heavy (non-hydrogen) atoms. The SMILES string of the molecule is O=C(Nc1cc(-c2ccc3ccccc3c2)cn(C(Cc2ccc(Cl)cc2)C(=O)O)c1=O)c1ccc(-c2ccccc2)cc1. The molecule has 216 valence electrons. The minimum atomic E-state index is -1.23. The van der Waals surface area contributed by atoms with E-state index in [1.807, 2.05) is 84.9 Å². The first kappa shape index (κ1) is 28.6. The first-order valence-corrected chi connectivity index (χ1v) is 14.4. The van der Waals surface area contributed by atoms with E-state index in [0.717, 1.165) is 27.5 Å². The highest BCUT2D eigenvalue weighted by atomic mass is 35.5. The largest absolute Gasteiger partial charge is 0.480 e. The zero-order valence-corrected chi connectivity index (χ0v) is 24.2. The van der Waals surface area contributed by atoms with Gasteiger partial charge in [-0.1, -0.05) is 103 Å². The van der Waals surface area contributed by atoms with Gasteiger partial charge in [-0.3, -0.25) is 14.2 Å². The Labute approximate surface area is 258 Å². The Morgan fingerprint density at radius 3 is 2.05 bits per heavy atom. The van der Waals surface area contributed by atoms with Gasteiger partial charge in [0.1, 0.15) is 11.7 Å². The molecule has 1 atom stereocenters. The Hall–Kier alpha value is -5.46. The average molecular weight is 599 g/mol. The lowest BCUT2D eigenvalue weighted by atomic mass is 10.0. The van der Waals surface area contributed by atoms with Crippen LogP contribution in [-0.4, -0.2) is 21.6 Å². The van der Waals surface area contributed by atoms with Crippen molar-refractivity contribution >= 4 is 39.9 Å². The number of carbonyl (C=O) groups is 2. The highest BCUT2D eigenvalue weighted by molar-refractivity contribution is 6.30. The molecule has 0 aliphatic heterocycles. The molecule has 0 saturated heterocycles. The van der Waals surface area contributed by atoms with E-state index in [1.54, 1.807) is 48.7 Å². The Bertz CT molecular complexity index is 2040. The van der Waals surface area contributed by atoms with E-state index in [0.29, 0.717) is 21.7 Å². The number of carboxylic acids is 1. The number of carbonyl (C=O) groups excluding carboxylic acids is 1. The number of anilines is 1. The molecule has 1 amide bonds. The predicted octanol–water partition coefficient (Wildman–Crippen LogP) is 8.11. The first-order chi connectivity index (χ1) is 21.4. The number of amides is 1. The van der Waals surface area contributed by atoms with Crippen molar-refractivity contribution in [3.8, 4) is 22.3 Å². The first-order valence-electron chi connectivity index (χ1n) is 14.1. The summed E-state index contributed by atoms with van der Waals surface area (Å²) < 4.78 is 1.19. The Morgan fingerprint density at radius 1 is 0.705 bits per heavy atom. The van der Waals surface area contributed by atoms with E-state index in [1.165, 1.54) is 4.57 Å². The van der Waals surface area contributed by atoms with Gasteiger partial charge in [-0.25, -0.2) is 4.79 Å². The molecule has 6 rings (SSSR count). The molecule has 2 N–H and O–H groups in total. The van der Waals surface area contributed by atoms with Gasteiger partial charge >= 0.3 is 5.97 Å². The average Bonchev–Trinajstić information content (AvgIpc) is 3.05. The zero-order valence-electron chi connectivity index (χ0n) is 23.5. The molecule has 1 heterocycles. The summed E-state index contributed by atoms with van der Waals surface area (Å²) in [6, 6.07) is 37.8. The minimum Gasteiger partial charge on any atom is -0.480 e. The summed E-state index contributed by atoms with van der Waals surface area (Å²) in [5, 5.41) is 15.6. The van der Waals surface area contributed by atoms with Crippen LogP contribution in [0.25, 0.3) is 33.0 Å². The number of benzene rings is 5. The number of aromatic nitrogens is 1. The predicted molar refractivity (Wildman–Crippen MR) is 175 cm³/mol. The van der Waals surface area contributed by atoms with Crippen LogP contribution in [0.4, 0.5) is 5.69 Å². The summed E-state index contributed by atoms with van der Waals surface area (Å²) >= 11 is 6.03. The van der Waals surface area contributed by atoms with Crippen LogP contribution in [0, 0.1) is 0 Å². The van der Waals surface area contributed by atoms with E-state index < -0.39 is 23.5 Å². The summed E-state index contributed by atoms with van der Waals surface area (Å²) in [6.07, 6.45) is 1.59. The van der Waals surface area contributed by atoms with Crippen LogP contribution in [-0.2, 0) is 11.2 Å². The number of aliphatic carboxylic acids is 1. The smallest absolute Gasteiger partial charge is 0.327 e. The number of nitrogens with one attached hydrogen (secondary N) is 1. The third kappa shape index (κ3) is 6.16. The number of halogens is 1. The minimum absolute atomic E-state index is 0.0184. The number of carboxylic acid groups (broad SMARTS) is 1. The van der Waals surface area contributed by atoms with E-state index in [4.69, 9.17) is 11.6 Å². The Kier molecular flexibility index (Phi) is 8.08. The number of hydrogen-bond acceptors (Lipinski definition) is 3. The molecule has 0 radical (unpaired) electrons. The van der Waals surface area contributed by atoms with Gasteiger partial charge in [-0.15, -0.1) is 0 Å². The molecule has 6 nitrogen and oxygen atoms in total. The van der Waals surface area contributed by atoms with Gasteiger partial charge in [0.2, 0.25) is 0 Å². The molecule has 0 spiro atoms. The van der Waals surface area contributed by atoms with Crippen molar-refractivity contribution in [1.29, 1.82) is 0 Å². The lowest BCUT2D eigenvalue weighted by Crippen LogP contribution is -2.33. The van der Waals surface area contributed by atoms with E-state index in [9.17, 15) is 19.5 Å². The number of nitrogens with zero attached hydrogens (tertiary/aromatic N) is 1. The second kappa shape index (κ2) is 12.4. The number of pyridine rings is 1. The monoisotopic (exact) mass is 598 g/mol. The van der Waals surface area contributed by atoms with Crippen molar-refractivity contribution in [2.24, 2.45) is 0 Å². The van der Waals surface area contributed by atoms with E-state index in [-0.39, 0.29) is 12.1 Å².